The zero-order valence-corrected chi connectivity index (χ0v) is 26.7. The lowest BCUT2D eigenvalue weighted by Crippen LogP contribution is -2.28. The molecule has 3 fully saturated rings. The predicted octanol–water partition coefficient (Wildman–Crippen LogP) is 6.99. The molecule has 2 aromatic heterocycles. The van der Waals surface area contributed by atoms with Gasteiger partial charge in [0, 0.05) is 42.7 Å². The van der Waals surface area contributed by atoms with E-state index >= 15 is 8.78 Å². The third kappa shape index (κ3) is 6.44. The number of anilines is 2. The van der Waals surface area contributed by atoms with E-state index in [2.05, 4.69) is 22.5 Å². The van der Waals surface area contributed by atoms with E-state index < -0.39 is 40.4 Å². The number of ether oxygens (including phenoxy) is 1. The number of pyridine rings is 2. The standard InChI is InChI=1S/C37H35F3N4O5/c1-36(20-37(36)18-21-13-25(45)14-22(21)19-37)10-8-33(46)43-32-15-26(9-11-41-32)49-31-17-28(39)30(16-29(31)40)42-34(47)27-3-2-12-44(35(27)48)24-6-4-23(38)5-7-24/h2-7,9,11-12,15-17,21-22,25,45H,8,10,13-14,18-20H2,1H3,(H,42,47)(H,41,43,46)/t21-,22+,25?,36-,37?/m0/s1. The molecule has 0 radical (unpaired) electrons. The third-order valence-corrected chi connectivity index (χ3v) is 10.7. The lowest BCUT2D eigenvalue weighted by molar-refractivity contribution is -0.116. The fraction of sp³-hybridized carbons (Fsp3) is 0.351. The summed E-state index contributed by atoms with van der Waals surface area (Å²) in [7, 11) is 0. The van der Waals surface area contributed by atoms with Crippen LogP contribution in [0.2, 0.25) is 0 Å². The summed E-state index contributed by atoms with van der Waals surface area (Å²) in [5, 5.41) is 15.0. The van der Waals surface area contributed by atoms with Crippen molar-refractivity contribution in [3.05, 3.63) is 106 Å². The quantitative estimate of drug-likeness (QED) is 0.176. The van der Waals surface area contributed by atoms with Gasteiger partial charge < -0.3 is 20.5 Å². The van der Waals surface area contributed by atoms with Gasteiger partial charge in [-0.3, -0.25) is 19.0 Å². The van der Waals surface area contributed by atoms with Gasteiger partial charge in [-0.1, -0.05) is 6.92 Å². The first kappa shape index (κ1) is 32.6. The molecule has 254 valence electrons. The number of carbonyl (C=O) groups is 2. The number of aromatic nitrogens is 2. The highest BCUT2D eigenvalue weighted by Crippen LogP contribution is 2.76. The minimum Gasteiger partial charge on any atom is -0.454 e. The van der Waals surface area contributed by atoms with Gasteiger partial charge in [0.25, 0.3) is 11.5 Å². The summed E-state index contributed by atoms with van der Waals surface area (Å²) in [5.41, 5.74) is -0.899. The number of fused-ring (bicyclic) bond motifs is 1. The third-order valence-electron chi connectivity index (χ3n) is 10.7. The van der Waals surface area contributed by atoms with Crippen molar-refractivity contribution in [1.82, 2.24) is 9.55 Å². The number of hydrogen-bond acceptors (Lipinski definition) is 6. The zero-order chi connectivity index (χ0) is 34.5. The van der Waals surface area contributed by atoms with Crippen LogP contribution in [0.3, 0.4) is 0 Å². The Kier molecular flexibility index (Phi) is 8.30. The first-order valence-corrected chi connectivity index (χ1v) is 16.3. The Hall–Kier alpha value is -4.97. The van der Waals surface area contributed by atoms with E-state index in [0.717, 1.165) is 67.4 Å². The van der Waals surface area contributed by atoms with Crippen LogP contribution >= 0.6 is 0 Å². The summed E-state index contributed by atoms with van der Waals surface area (Å²) >= 11 is 0. The molecule has 3 N–H and O–H groups in total. The number of halogens is 3. The van der Waals surface area contributed by atoms with E-state index in [1.807, 2.05) is 0 Å². The fourth-order valence-electron chi connectivity index (χ4n) is 8.09. The Balaban J connectivity index is 0.962. The van der Waals surface area contributed by atoms with E-state index in [1.165, 1.54) is 48.8 Å². The smallest absolute Gasteiger partial charge is 0.267 e. The largest absolute Gasteiger partial charge is 0.454 e. The number of hydrogen-bond donors (Lipinski definition) is 3. The zero-order valence-electron chi connectivity index (χ0n) is 26.7. The lowest BCUT2D eigenvalue weighted by Gasteiger charge is -2.19. The topological polar surface area (TPSA) is 123 Å². The van der Waals surface area contributed by atoms with Crippen LogP contribution in [0, 0.1) is 40.1 Å². The van der Waals surface area contributed by atoms with Crippen molar-refractivity contribution in [3.8, 4) is 17.2 Å². The molecular weight excluding hydrogens is 637 g/mol. The molecule has 2 unspecified atom stereocenters. The lowest BCUT2D eigenvalue weighted by atomic mass is 9.86. The molecule has 2 amide bonds. The van der Waals surface area contributed by atoms with Crippen molar-refractivity contribution in [1.29, 1.82) is 0 Å². The van der Waals surface area contributed by atoms with Gasteiger partial charge in [0.1, 0.15) is 22.9 Å². The Labute approximate surface area is 280 Å². The average Bonchev–Trinajstić information content (AvgIpc) is 3.25. The molecule has 1 spiro atoms. The number of nitrogens with zero attached hydrogens (tertiary/aromatic N) is 2. The minimum absolute atomic E-state index is 0.0961. The van der Waals surface area contributed by atoms with Gasteiger partial charge in [0.2, 0.25) is 5.91 Å². The van der Waals surface area contributed by atoms with Crippen molar-refractivity contribution < 1.29 is 32.6 Å². The summed E-state index contributed by atoms with van der Waals surface area (Å²) in [6.45, 7) is 2.25. The fourth-order valence-corrected chi connectivity index (χ4v) is 8.09. The summed E-state index contributed by atoms with van der Waals surface area (Å²) in [6.07, 6.45) is 8.81. The summed E-state index contributed by atoms with van der Waals surface area (Å²) in [4.78, 5) is 42.9. The first-order valence-electron chi connectivity index (χ1n) is 16.3. The molecule has 12 heteroatoms. The van der Waals surface area contributed by atoms with Gasteiger partial charge in [-0.05, 0) is 104 Å². The van der Waals surface area contributed by atoms with E-state index in [9.17, 15) is 23.9 Å². The van der Waals surface area contributed by atoms with Crippen molar-refractivity contribution in [2.45, 2.75) is 58.0 Å². The molecule has 9 nitrogen and oxygen atoms in total. The summed E-state index contributed by atoms with van der Waals surface area (Å²) < 4.78 is 50.2. The molecule has 3 aliphatic carbocycles. The minimum atomic E-state index is -1.02. The highest BCUT2D eigenvalue weighted by atomic mass is 19.1. The molecule has 3 aliphatic rings. The number of nitrogens with one attached hydrogen (secondary N) is 2. The molecule has 5 atom stereocenters. The molecule has 7 rings (SSSR count). The Morgan fingerprint density at radius 1 is 1.00 bits per heavy atom. The molecule has 2 heterocycles. The van der Waals surface area contributed by atoms with Crippen LogP contribution in [0.5, 0.6) is 11.5 Å². The second-order valence-corrected chi connectivity index (χ2v) is 13.9. The maximum absolute atomic E-state index is 15.1. The van der Waals surface area contributed by atoms with Crippen LogP contribution < -0.4 is 20.9 Å². The van der Waals surface area contributed by atoms with Gasteiger partial charge in [0.15, 0.2) is 17.4 Å². The Morgan fingerprint density at radius 2 is 1.73 bits per heavy atom. The molecule has 0 bridgehead atoms. The van der Waals surface area contributed by atoms with Crippen molar-refractivity contribution in [2.24, 2.45) is 22.7 Å². The molecule has 0 aliphatic heterocycles. The van der Waals surface area contributed by atoms with Gasteiger partial charge in [-0.25, -0.2) is 18.2 Å². The number of aliphatic hydroxyl groups is 1. The SMILES string of the molecule is C[C@]1(CCC(=O)Nc2cc(Oc3cc(F)c(NC(=O)c4cccn(-c5ccc(F)cc5)c4=O)cc3F)ccn2)CC12C[C@H]1CC(O)C[C@H]1C2. The molecular formula is C37H35F3N4O5. The monoisotopic (exact) mass is 672 g/mol. The highest BCUT2D eigenvalue weighted by Gasteiger charge is 2.68. The Morgan fingerprint density at radius 3 is 2.47 bits per heavy atom. The van der Waals surface area contributed by atoms with Crippen LogP contribution in [0.4, 0.5) is 24.7 Å². The highest BCUT2D eigenvalue weighted by molar-refractivity contribution is 6.04. The van der Waals surface area contributed by atoms with Gasteiger partial charge >= 0.3 is 0 Å². The van der Waals surface area contributed by atoms with Gasteiger partial charge in [0.05, 0.1) is 11.8 Å². The first-order chi connectivity index (χ1) is 23.4. The van der Waals surface area contributed by atoms with Crippen molar-refractivity contribution >= 4 is 23.3 Å². The van der Waals surface area contributed by atoms with Crippen LogP contribution in [0.25, 0.3) is 5.69 Å². The van der Waals surface area contributed by atoms with E-state index in [4.69, 9.17) is 4.74 Å². The summed E-state index contributed by atoms with van der Waals surface area (Å²) in [5.74, 6) is -2.68. The van der Waals surface area contributed by atoms with E-state index in [-0.39, 0.29) is 40.0 Å². The maximum Gasteiger partial charge on any atom is 0.267 e. The number of benzene rings is 2. The second-order valence-electron chi connectivity index (χ2n) is 13.9. The number of carbonyl (C=O) groups excluding carboxylic acids is 2. The second kappa shape index (κ2) is 12.5. The van der Waals surface area contributed by atoms with Crippen LogP contribution in [-0.4, -0.2) is 32.6 Å². The van der Waals surface area contributed by atoms with Crippen molar-refractivity contribution in [2.75, 3.05) is 10.6 Å². The van der Waals surface area contributed by atoms with Crippen LogP contribution in [0.1, 0.15) is 62.2 Å². The molecule has 2 aromatic carbocycles. The van der Waals surface area contributed by atoms with E-state index in [0.29, 0.717) is 23.9 Å². The van der Waals surface area contributed by atoms with Crippen LogP contribution in [0.15, 0.2) is 77.9 Å². The number of amides is 2. The Bertz CT molecular complexity index is 1990. The maximum atomic E-state index is 15.1. The summed E-state index contributed by atoms with van der Waals surface area (Å²) in [6, 6.07) is 12.0. The predicted molar refractivity (Wildman–Crippen MR) is 175 cm³/mol. The van der Waals surface area contributed by atoms with Gasteiger partial charge in [-0.15, -0.1) is 0 Å². The normalized spacial score (nSPS) is 25.2. The molecule has 4 aromatic rings. The van der Waals surface area contributed by atoms with E-state index in [1.54, 1.807) is 0 Å². The van der Waals surface area contributed by atoms with Crippen molar-refractivity contribution in [3.63, 3.8) is 0 Å². The number of aliphatic hydroxyl groups excluding tert-OH is 1. The molecule has 49 heavy (non-hydrogen) atoms. The molecule has 0 saturated heterocycles. The number of rotatable bonds is 9. The average molecular weight is 673 g/mol. The van der Waals surface area contributed by atoms with Crippen LogP contribution in [-0.2, 0) is 4.79 Å². The van der Waals surface area contributed by atoms with Gasteiger partial charge in [-0.2, -0.15) is 0 Å². The molecule has 3 saturated carbocycles.